The fourth-order valence-electron chi connectivity index (χ4n) is 2.69. The Labute approximate surface area is 138 Å². The Morgan fingerprint density at radius 3 is 2.58 bits per heavy atom. The molecule has 24 heavy (non-hydrogen) atoms. The highest BCUT2D eigenvalue weighted by Gasteiger charge is 2.35. The molecule has 1 saturated heterocycles. The number of likely N-dealkylation sites (N-methyl/N-ethyl adjacent to an activating group) is 1. The quantitative estimate of drug-likeness (QED) is 0.887. The molecule has 2 amide bonds. The van der Waals surface area contributed by atoms with Gasteiger partial charge in [0.05, 0.1) is 12.6 Å². The molecule has 0 aromatic heterocycles. The molecule has 1 aromatic rings. The molecule has 1 N–H and O–H groups in total. The van der Waals surface area contributed by atoms with Crippen molar-refractivity contribution in [1.29, 1.82) is 0 Å². The topological polar surface area (TPSA) is 52.7 Å². The summed E-state index contributed by atoms with van der Waals surface area (Å²) in [7, 11) is 1.63. The van der Waals surface area contributed by atoms with Gasteiger partial charge in [0.25, 0.3) is 0 Å². The molecule has 1 fully saturated rings. The van der Waals surface area contributed by atoms with Gasteiger partial charge in [-0.25, -0.2) is 0 Å². The second-order valence-corrected chi connectivity index (χ2v) is 5.75. The van der Waals surface area contributed by atoms with Crippen LogP contribution in [0.25, 0.3) is 0 Å². The first-order valence-corrected chi connectivity index (χ1v) is 7.68. The van der Waals surface area contributed by atoms with E-state index in [4.69, 9.17) is 0 Å². The summed E-state index contributed by atoms with van der Waals surface area (Å²) in [6, 6.07) is 8.33. The smallest absolute Gasteiger partial charge is 0.346 e. The van der Waals surface area contributed by atoms with Gasteiger partial charge >= 0.3 is 6.18 Å². The first-order valence-electron chi connectivity index (χ1n) is 7.68. The van der Waals surface area contributed by atoms with E-state index in [2.05, 4.69) is 0 Å². The Hall–Kier alpha value is -2.09. The molecule has 2 rings (SSSR count). The molecule has 5 nitrogen and oxygen atoms in total. The molecule has 1 aromatic carbocycles. The Morgan fingerprint density at radius 2 is 1.96 bits per heavy atom. The number of carbonyl (C=O) groups is 2. The summed E-state index contributed by atoms with van der Waals surface area (Å²) in [5.41, 5.74) is 0.722. The van der Waals surface area contributed by atoms with Crippen LogP contribution in [0.3, 0.4) is 0 Å². The lowest BCUT2D eigenvalue weighted by Gasteiger charge is -2.26. The zero-order valence-corrected chi connectivity index (χ0v) is 13.3. The number of anilines is 1. The van der Waals surface area contributed by atoms with E-state index in [1.807, 2.05) is 23.5 Å². The predicted octanol–water partition coefficient (Wildman–Crippen LogP) is 1.79. The van der Waals surface area contributed by atoms with Crippen molar-refractivity contribution in [3.63, 3.8) is 0 Å². The van der Waals surface area contributed by atoms with Crippen LogP contribution in [0.1, 0.15) is 12.8 Å². The van der Waals surface area contributed by atoms with Crippen molar-refractivity contribution >= 4 is 17.5 Å². The Balaban J connectivity index is 1.93. The van der Waals surface area contributed by atoms with Gasteiger partial charge in [0.15, 0.2) is 0 Å². The second kappa shape index (κ2) is 7.65. The van der Waals surface area contributed by atoms with Crippen LogP contribution < -0.4 is 10.2 Å². The Morgan fingerprint density at radius 1 is 1.29 bits per heavy atom. The van der Waals surface area contributed by atoms with Crippen molar-refractivity contribution in [1.82, 2.24) is 10.2 Å². The summed E-state index contributed by atoms with van der Waals surface area (Å²) in [5.74, 6) is -0.892. The highest BCUT2D eigenvalue weighted by molar-refractivity contribution is 5.94. The number of nitrogens with zero attached hydrogens (tertiary/aromatic N) is 2. The van der Waals surface area contributed by atoms with Gasteiger partial charge in [-0.1, -0.05) is 18.2 Å². The van der Waals surface area contributed by atoms with E-state index in [0.29, 0.717) is 19.4 Å². The van der Waals surface area contributed by atoms with E-state index in [1.54, 1.807) is 24.1 Å². The lowest BCUT2D eigenvalue weighted by molar-refractivity contribution is -0.141. The first kappa shape index (κ1) is 18.3. The predicted molar refractivity (Wildman–Crippen MR) is 83.5 cm³/mol. The number of para-hydroxylation sites is 1. The first-order chi connectivity index (χ1) is 11.3. The molecule has 1 atom stereocenters. The number of hydrogen-bond donors (Lipinski definition) is 1. The summed E-state index contributed by atoms with van der Waals surface area (Å²) in [4.78, 5) is 27.4. The summed E-state index contributed by atoms with van der Waals surface area (Å²) < 4.78 is 36.6. The molecule has 0 bridgehead atoms. The van der Waals surface area contributed by atoms with Gasteiger partial charge in [0, 0.05) is 12.7 Å². The number of carbonyl (C=O) groups excluding carboxylic acids is 2. The fourth-order valence-corrected chi connectivity index (χ4v) is 2.69. The van der Waals surface area contributed by atoms with Crippen LogP contribution in [-0.2, 0) is 9.59 Å². The fraction of sp³-hybridized carbons (Fsp3) is 0.500. The van der Waals surface area contributed by atoms with Crippen molar-refractivity contribution in [2.24, 2.45) is 0 Å². The van der Waals surface area contributed by atoms with Gasteiger partial charge in [-0.15, -0.1) is 0 Å². The van der Waals surface area contributed by atoms with Crippen molar-refractivity contribution < 1.29 is 22.8 Å². The summed E-state index contributed by atoms with van der Waals surface area (Å²) >= 11 is 0. The maximum atomic E-state index is 12.4. The van der Waals surface area contributed by atoms with Crippen LogP contribution in [0, 0.1) is 0 Å². The van der Waals surface area contributed by atoms with Gasteiger partial charge < -0.3 is 10.2 Å². The number of rotatable bonds is 5. The van der Waals surface area contributed by atoms with Crippen LogP contribution in [0.5, 0.6) is 0 Å². The van der Waals surface area contributed by atoms with Crippen LogP contribution in [0.2, 0.25) is 0 Å². The highest BCUT2D eigenvalue weighted by Crippen LogP contribution is 2.19. The van der Waals surface area contributed by atoms with E-state index in [0.717, 1.165) is 5.69 Å². The number of hydrogen-bond acceptors (Lipinski definition) is 3. The summed E-state index contributed by atoms with van der Waals surface area (Å²) in [6.07, 6.45) is -3.32. The van der Waals surface area contributed by atoms with Crippen molar-refractivity contribution in [3.05, 3.63) is 30.3 Å². The van der Waals surface area contributed by atoms with Crippen molar-refractivity contribution in [2.45, 2.75) is 25.1 Å². The van der Waals surface area contributed by atoms with Crippen molar-refractivity contribution in [3.8, 4) is 0 Å². The highest BCUT2D eigenvalue weighted by atomic mass is 19.4. The van der Waals surface area contributed by atoms with Gasteiger partial charge in [-0.2, -0.15) is 13.2 Å². The van der Waals surface area contributed by atoms with E-state index < -0.39 is 24.7 Å². The maximum absolute atomic E-state index is 12.4. The van der Waals surface area contributed by atoms with Crippen LogP contribution in [0.15, 0.2) is 30.3 Å². The van der Waals surface area contributed by atoms with E-state index in [1.165, 1.54) is 4.90 Å². The number of likely N-dealkylation sites (tertiary alicyclic amines) is 1. The zero-order chi connectivity index (χ0) is 17.7. The Bertz CT molecular complexity index is 578. The molecule has 1 aliphatic heterocycles. The SMILES string of the molecule is CN(C(=O)CN1CCCC1C(=O)NCC(F)(F)F)c1ccccc1. The average molecular weight is 343 g/mol. The van der Waals surface area contributed by atoms with Crippen LogP contribution >= 0.6 is 0 Å². The van der Waals surface area contributed by atoms with Gasteiger partial charge in [-0.3, -0.25) is 14.5 Å². The molecule has 0 aliphatic carbocycles. The molecule has 1 unspecified atom stereocenters. The maximum Gasteiger partial charge on any atom is 0.405 e. The summed E-state index contributed by atoms with van der Waals surface area (Å²) in [6.45, 7) is -0.845. The average Bonchev–Trinajstić information content (AvgIpc) is 3.00. The number of nitrogens with one attached hydrogen (secondary N) is 1. The van der Waals surface area contributed by atoms with Crippen molar-refractivity contribution in [2.75, 3.05) is 31.6 Å². The summed E-state index contributed by atoms with van der Waals surface area (Å²) in [5, 5.41) is 1.90. The minimum Gasteiger partial charge on any atom is -0.346 e. The monoisotopic (exact) mass is 343 g/mol. The molecule has 8 heteroatoms. The third-order valence-electron chi connectivity index (χ3n) is 3.99. The van der Waals surface area contributed by atoms with Gasteiger partial charge in [-0.05, 0) is 31.5 Å². The minimum absolute atomic E-state index is 0.00447. The molecular weight excluding hydrogens is 323 g/mol. The third kappa shape index (κ3) is 4.95. The lowest BCUT2D eigenvalue weighted by Crippen LogP contribution is -2.49. The number of amides is 2. The molecule has 0 saturated carbocycles. The number of benzene rings is 1. The zero-order valence-electron chi connectivity index (χ0n) is 13.3. The molecule has 0 radical (unpaired) electrons. The molecule has 1 aliphatic rings. The minimum atomic E-state index is -4.44. The molecular formula is C16H20F3N3O2. The molecule has 132 valence electrons. The molecule has 0 spiro atoms. The molecule has 1 heterocycles. The van der Waals surface area contributed by atoms with E-state index in [-0.39, 0.29) is 12.5 Å². The second-order valence-electron chi connectivity index (χ2n) is 5.75. The van der Waals surface area contributed by atoms with E-state index in [9.17, 15) is 22.8 Å². The third-order valence-corrected chi connectivity index (χ3v) is 3.99. The van der Waals surface area contributed by atoms with Gasteiger partial charge in [0.1, 0.15) is 6.54 Å². The lowest BCUT2D eigenvalue weighted by atomic mass is 10.2. The Kier molecular flexibility index (Phi) is 5.82. The van der Waals surface area contributed by atoms with E-state index >= 15 is 0 Å². The number of alkyl halides is 3. The standard InChI is InChI=1S/C16H20F3N3O2/c1-21(12-6-3-2-4-7-12)14(23)10-22-9-5-8-13(22)15(24)20-11-16(17,18)19/h2-4,6-7,13H,5,8-11H2,1H3,(H,20,24). The number of halogens is 3. The normalized spacial score (nSPS) is 18.4. The van der Waals surface area contributed by atoms with Crippen LogP contribution in [0.4, 0.5) is 18.9 Å². The van der Waals surface area contributed by atoms with Crippen LogP contribution in [-0.4, -0.2) is 55.6 Å². The largest absolute Gasteiger partial charge is 0.405 e. The van der Waals surface area contributed by atoms with Gasteiger partial charge in [0.2, 0.25) is 11.8 Å².